The molecule has 0 fully saturated rings. The number of hydrogen-bond acceptors (Lipinski definition) is 4. The van der Waals surface area contributed by atoms with E-state index in [1.54, 1.807) is 12.3 Å². The number of ketones is 1. The number of aryl methyl sites for hydroxylation is 1. The number of nitrogens with one attached hydrogen (secondary N) is 2. The molecular weight excluding hydrogens is 250 g/mol. The molecule has 0 aliphatic carbocycles. The highest BCUT2D eigenvalue weighted by molar-refractivity contribution is 7.14. The highest BCUT2D eigenvalue weighted by Gasteiger charge is 2.11. The Balaban J connectivity index is 1.81. The van der Waals surface area contributed by atoms with Gasteiger partial charge < -0.3 is 5.32 Å². The van der Waals surface area contributed by atoms with E-state index in [0.29, 0.717) is 10.6 Å². The Morgan fingerprint density at radius 3 is 2.83 bits per heavy atom. The van der Waals surface area contributed by atoms with E-state index in [1.165, 1.54) is 17.5 Å². The fourth-order valence-electron chi connectivity index (χ4n) is 1.48. The summed E-state index contributed by atoms with van der Waals surface area (Å²) in [6, 6.07) is 3.71. The molecule has 5 nitrogen and oxygen atoms in total. The second-order valence-corrected chi connectivity index (χ2v) is 5.16. The third kappa shape index (κ3) is 3.27. The van der Waals surface area contributed by atoms with E-state index in [-0.39, 0.29) is 24.5 Å². The molecule has 18 heavy (non-hydrogen) atoms. The Kier molecular flexibility index (Phi) is 3.88. The number of aromatic nitrogens is 2. The normalized spacial score (nSPS) is 10.3. The van der Waals surface area contributed by atoms with Gasteiger partial charge in [0.15, 0.2) is 5.78 Å². The molecule has 2 N–H and O–H groups in total. The van der Waals surface area contributed by atoms with Gasteiger partial charge in [-0.15, -0.1) is 11.3 Å². The average Bonchev–Trinajstić information content (AvgIpc) is 2.97. The van der Waals surface area contributed by atoms with Crippen LogP contribution in [-0.2, 0) is 4.79 Å². The van der Waals surface area contributed by atoms with E-state index in [2.05, 4.69) is 15.5 Å². The fraction of sp³-hybridized carbons (Fsp3) is 0.250. The highest BCUT2D eigenvalue weighted by atomic mass is 32.1. The van der Waals surface area contributed by atoms with Crippen LogP contribution in [0.2, 0.25) is 0 Å². The molecule has 0 saturated carbocycles. The molecule has 0 spiro atoms. The summed E-state index contributed by atoms with van der Waals surface area (Å²) in [7, 11) is 0. The van der Waals surface area contributed by atoms with Gasteiger partial charge in [0.2, 0.25) is 5.91 Å². The van der Waals surface area contributed by atoms with Gasteiger partial charge in [0, 0.05) is 23.9 Å². The predicted octanol–water partition coefficient (Wildman–Crippen LogP) is 2.38. The summed E-state index contributed by atoms with van der Waals surface area (Å²) in [5.41, 5.74) is 0.611. The quantitative estimate of drug-likeness (QED) is 0.813. The summed E-state index contributed by atoms with van der Waals surface area (Å²) in [6.07, 6.45) is 3.51. The highest BCUT2D eigenvalue weighted by Crippen LogP contribution is 2.17. The number of nitrogens with zero attached hydrogens (tertiary/aromatic N) is 1. The lowest BCUT2D eigenvalue weighted by Crippen LogP contribution is -2.12. The number of rotatable bonds is 5. The van der Waals surface area contributed by atoms with Crippen LogP contribution < -0.4 is 5.32 Å². The second-order valence-electron chi connectivity index (χ2n) is 3.87. The van der Waals surface area contributed by atoms with Crippen LogP contribution in [0.1, 0.15) is 27.4 Å². The summed E-state index contributed by atoms with van der Waals surface area (Å²) in [4.78, 5) is 25.1. The largest absolute Gasteiger partial charge is 0.323 e. The molecule has 0 unspecified atom stereocenters. The molecule has 0 aliphatic rings. The topological polar surface area (TPSA) is 74.8 Å². The van der Waals surface area contributed by atoms with Crippen molar-refractivity contribution in [2.45, 2.75) is 19.8 Å². The number of anilines is 1. The second kappa shape index (κ2) is 5.59. The van der Waals surface area contributed by atoms with Crippen LogP contribution >= 0.6 is 11.3 Å². The molecule has 0 bridgehead atoms. The molecule has 2 rings (SSSR count). The van der Waals surface area contributed by atoms with Gasteiger partial charge in [-0.2, -0.15) is 5.10 Å². The Bertz CT molecular complexity index is 545. The zero-order chi connectivity index (χ0) is 13.0. The van der Waals surface area contributed by atoms with Crippen LogP contribution in [0.25, 0.3) is 0 Å². The summed E-state index contributed by atoms with van der Waals surface area (Å²) in [5.74, 6) is -0.173. The number of amides is 1. The van der Waals surface area contributed by atoms with Crippen LogP contribution in [-0.4, -0.2) is 21.9 Å². The number of H-pyrrole nitrogens is 1. The Morgan fingerprint density at radius 2 is 2.22 bits per heavy atom. The lowest BCUT2D eigenvalue weighted by Gasteiger charge is -2.00. The van der Waals surface area contributed by atoms with Crippen molar-refractivity contribution in [1.82, 2.24) is 10.2 Å². The van der Waals surface area contributed by atoms with Gasteiger partial charge >= 0.3 is 0 Å². The van der Waals surface area contributed by atoms with E-state index in [4.69, 9.17) is 0 Å². The zero-order valence-electron chi connectivity index (χ0n) is 9.90. The maximum atomic E-state index is 11.8. The van der Waals surface area contributed by atoms with Crippen molar-refractivity contribution in [3.63, 3.8) is 0 Å². The molecule has 94 valence electrons. The Morgan fingerprint density at radius 1 is 1.39 bits per heavy atom. The first-order valence-corrected chi connectivity index (χ1v) is 6.35. The molecule has 0 saturated heterocycles. The van der Waals surface area contributed by atoms with Gasteiger partial charge in [-0.1, -0.05) is 0 Å². The molecular formula is C12H13N3O2S. The lowest BCUT2D eigenvalue weighted by molar-refractivity contribution is -0.116. The van der Waals surface area contributed by atoms with E-state index in [0.717, 1.165) is 4.88 Å². The van der Waals surface area contributed by atoms with Gasteiger partial charge in [0.25, 0.3) is 0 Å². The number of carbonyl (C=O) groups excluding carboxylic acids is 2. The first-order valence-electron chi connectivity index (χ1n) is 5.53. The Hall–Kier alpha value is -1.95. The van der Waals surface area contributed by atoms with E-state index in [1.807, 2.05) is 13.0 Å². The van der Waals surface area contributed by atoms with Crippen molar-refractivity contribution < 1.29 is 9.59 Å². The van der Waals surface area contributed by atoms with Crippen molar-refractivity contribution in [2.75, 3.05) is 5.32 Å². The van der Waals surface area contributed by atoms with Gasteiger partial charge in [0.1, 0.15) is 0 Å². The molecule has 0 radical (unpaired) electrons. The van der Waals surface area contributed by atoms with Gasteiger partial charge in [-0.05, 0) is 19.1 Å². The van der Waals surface area contributed by atoms with Crippen LogP contribution in [0.4, 0.5) is 5.69 Å². The fourth-order valence-corrected chi connectivity index (χ4v) is 2.31. The predicted molar refractivity (Wildman–Crippen MR) is 69.8 cm³/mol. The number of aromatic amines is 1. The van der Waals surface area contributed by atoms with Gasteiger partial charge in [0.05, 0.1) is 16.8 Å². The van der Waals surface area contributed by atoms with Crippen LogP contribution in [0, 0.1) is 6.92 Å². The SMILES string of the molecule is Cc1ccc(C(=O)CCC(=O)Nc2cn[nH]c2)s1. The number of hydrogen-bond donors (Lipinski definition) is 2. The first-order chi connectivity index (χ1) is 8.65. The van der Waals surface area contributed by atoms with Crippen molar-refractivity contribution >= 4 is 28.7 Å². The van der Waals surface area contributed by atoms with E-state index >= 15 is 0 Å². The Labute approximate surface area is 108 Å². The molecule has 0 aromatic carbocycles. The van der Waals surface area contributed by atoms with Crippen molar-refractivity contribution in [2.24, 2.45) is 0 Å². The minimum absolute atomic E-state index is 0.00967. The molecule has 1 amide bonds. The maximum absolute atomic E-state index is 11.8. The van der Waals surface area contributed by atoms with Crippen LogP contribution in [0.3, 0.4) is 0 Å². The lowest BCUT2D eigenvalue weighted by atomic mass is 10.2. The zero-order valence-corrected chi connectivity index (χ0v) is 10.7. The number of thiophene rings is 1. The molecule has 2 aromatic rings. The van der Waals surface area contributed by atoms with E-state index < -0.39 is 0 Å². The van der Waals surface area contributed by atoms with Crippen molar-refractivity contribution in [3.05, 3.63) is 34.3 Å². The molecule has 6 heteroatoms. The molecule has 0 aliphatic heterocycles. The third-order valence-electron chi connectivity index (χ3n) is 2.38. The number of carbonyl (C=O) groups is 2. The first kappa shape index (κ1) is 12.5. The van der Waals surface area contributed by atoms with Crippen molar-refractivity contribution in [3.8, 4) is 0 Å². The average molecular weight is 263 g/mol. The summed E-state index contributed by atoms with van der Waals surface area (Å²) in [6.45, 7) is 1.95. The molecule has 0 atom stereocenters. The van der Waals surface area contributed by atoms with E-state index in [9.17, 15) is 9.59 Å². The minimum Gasteiger partial charge on any atom is -0.323 e. The smallest absolute Gasteiger partial charge is 0.224 e. The summed E-state index contributed by atoms with van der Waals surface area (Å²) in [5, 5.41) is 8.97. The van der Waals surface area contributed by atoms with Crippen LogP contribution in [0.5, 0.6) is 0 Å². The molecule has 2 heterocycles. The van der Waals surface area contributed by atoms with Gasteiger partial charge in [-0.25, -0.2) is 0 Å². The minimum atomic E-state index is -0.182. The third-order valence-corrected chi connectivity index (χ3v) is 3.42. The summed E-state index contributed by atoms with van der Waals surface area (Å²) < 4.78 is 0. The number of Topliss-reactive ketones (excluding diaryl/α,β-unsaturated/α-hetero) is 1. The maximum Gasteiger partial charge on any atom is 0.224 e. The monoisotopic (exact) mass is 263 g/mol. The van der Waals surface area contributed by atoms with Crippen LogP contribution in [0.15, 0.2) is 24.5 Å². The van der Waals surface area contributed by atoms with Gasteiger partial charge in [-0.3, -0.25) is 14.7 Å². The standard InChI is InChI=1S/C12H13N3O2S/c1-8-2-4-11(18-8)10(16)3-5-12(17)15-9-6-13-14-7-9/h2,4,6-7H,3,5H2,1H3,(H,13,14)(H,15,17). The summed E-state index contributed by atoms with van der Waals surface area (Å²) >= 11 is 1.46. The molecule has 2 aromatic heterocycles. The van der Waals surface area contributed by atoms with Crippen molar-refractivity contribution in [1.29, 1.82) is 0 Å².